The molecule has 0 spiro atoms. The number of hydrogen-bond acceptors (Lipinski definition) is 3. The summed E-state index contributed by atoms with van der Waals surface area (Å²) >= 11 is 0. The molecule has 2 aromatic rings. The van der Waals surface area contributed by atoms with Crippen LogP contribution in [-0.2, 0) is 6.18 Å². The van der Waals surface area contributed by atoms with Gasteiger partial charge in [-0.3, -0.25) is 0 Å². The average Bonchev–Trinajstić information content (AvgIpc) is 2.59. The smallest absolute Gasteiger partial charge is 0.394 e. The second kappa shape index (κ2) is 3.80. The number of anilines is 1. The first-order chi connectivity index (χ1) is 7.89. The van der Waals surface area contributed by atoms with Gasteiger partial charge in [0.05, 0.1) is 5.56 Å². The van der Waals surface area contributed by atoms with Crippen LogP contribution in [0.4, 0.5) is 18.9 Å². The Labute approximate surface area is 95.0 Å². The van der Waals surface area contributed by atoms with Crippen LogP contribution < -0.4 is 5.73 Å². The molecule has 0 bridgehead atoms. The van der Waals surface area contributed by atoms with E-state index in [1.807, 2.05) is 0 Å². The topological polar surface area (TPSA) is 52.0 Å². The Morgan fingerprint density at radius 2 is 2.00 bits per heavy atom. The van der Waals surface area contributed by atoms with Gasteiger partial charge in [0.1, 0.15) is 11.4 Å². The van der Waals surface area contributed by atoms with Crippen LogP contribution in [0.1, 0.15) is 11.3 Å². The van der Waals surface area contributed by atoms with Crippen molar-refractivity contribution in [1.29, 1.82) is 0 Å². The lowest BCUT2D eigenvalue weighted by molar-refractivity contribution is -0.137. The van der Waals surface area contributed by atoms with Crippen molar-refractivity contribution in [2.75, 3.05) is 5.73 Å². The summed E-state index contributed by atoms with van der Waals surface area (Å²) in [7, 11) is 0. The van der Waals surface area contributed by atoms with Gasteiger partial charge >= 0.3 is 6.18 Å². The van der Waals surface area contributed by atoms with Gasteiger partial charge in [0.25, 0.3) is 0 Å². The highest BCUT2D eigenvalue weighted by atomic mass is 19.4. The molecule has 1 aromatic heterocycles. The molecule has 0 saturated carbocycles. The third-order valence-corrected chi connectivity index (χ3v) is 2.36. The monoisotopic (exact) mass is 242 g/mol. The van der Waals surface area contributed by atoms with Crippen LogP contribution in [0.2, 0.25) is 0 Å². The standard InChI is InChI=1S/C11H9F3N2O/c1-6-9(15)10(17-16-6)7-3-2-4-8(5-7)11(12,13)14/h2-5H,15H2,1H3. The Hall–Kier alpha value is -1.98. The fraction of sp³-hybridized carbons (Fsp3) is 0.182. The Bertz CT molecular complexity index is 546. The van der Waals surface area contributed by atoms with E-state index in [9.17, 15) is 13.2 Å². The van der Waals surface area contributed by atoms with E-state index in [1.54, 1.807) is 6.92 Å². The molecule has 0 aliphatic rings. The summed E-state index contributed by atoms with van der Waals surface area (Å²) in [5.41, 5.74) is 5.88. The molecule has 0 unspecified atom stereocenters. The van der Waals surface area contributed by atoms with Crippen LogP contribution >= 0.6 is 0 Å². The van der Waals surface area contributed by atoms with E-state index >= 15 is 0 Å². The maximum absolute atomic E-state index is 12.5. The van der Waals surface area contributed by atoms with Gasteiger partial charge in [-0.1, -0.05) is 17.3 Å². The van der Waals surface area contributed by atoms with Crippen LogP contribution in [0.3, 0.4) is 0 Å². The first kappa shape index (κ1) is 11.5. The van der Waals surface area contributed by atoms with Crippen molar-refractivity contribution in [3.63, 3.8) is 0 Å². The molecule has 90 valence electrons. The first-order valence-electron chi connectivity index (χ1n) is 4.79. The summed E-state index contributed by atoms with van der Waals surface area (Å²) in [6, 6.07) is 4.76. The van der Waals surface area contributed by atoms with Crippen LogP contribution in [0.5, 0.6) is 0 Å². The summed E-state index contributed by atoms with van der Waals surface area (Å²) in [4.78, 5) is 0. The predicted octanol–water partition coefficient (Wildman–Crippen LogP) is 3.25. The molecule has 0 radical (unpaired) electrons. The predicted molar refractivity (Wildman–Crippen MR) is 56.1 cm³/mol. The lowest BCUT2D eigenvalue weighted by atomic mass is 10.1. The van der Waals surface area contributed by atoms with Crippen molar-refractivity contribution in [2.24, 2.45) is 0 Å². The minimum absolute atomic E-state index is 0.161. The Kier molecular flexibility index (Phi) is 2.57. The molecule has 0 fully saturated rings. The lowest BCUT2D eigenvalue weighted by Crippen LogP contribution is -2.04. The van der Waals surface area contributed by atoms with Gasteiger partial charge in [0.15, 0.2) is 5.76 Å². The molecule has 0 aliphatic heterocycles. The number of hydrogen-bond donors (Lipinski definition) is 1. The van der Waals surface area contributed by atoms with Crippen molar-refractivity contribution in [3.05, 3.63) is 35.5 Å². The molecular weight excluding hydrogens is 233 g/mol. The number of alkyl halides is 3. The largest absolute Gasteiger partial charge is 0.416 e. The quantitative estimate of drug-likeness (QED) is 0.835. The van der Waals surface area contributed by atoms with E-state index in [-0.39, 0.29) is 17.0 Å². The van der Waals surface area contributed by atoms with Gasteiger partial charge in [-0.15, -0.1) is 0 Å². The Balaban J connectivity index is 2.51. The second-order valence-corrected chi connectivity index (χ2v) is 3.59. The van der Waals surface area contributed by atoms with E-state index in [2.05, 4.69) is 5.16 Å². The molecule has 0 amide bonds. The zero-order chi connectivity index (χ0) is 12.6. The number of nitrogens with zero attached hydrogens (tertiary/aromatic N) is 1. The third-order valence-electron chi connectivity index (χ3n) is 2.36. The molecule has 1 aromatic carbocycles. The van der Waals surface area contributed by atoms with Gasteiger partial charge in [-0.2, -0.15) is 13.2 Å². The van der Waals surface area contributed by atoms with Crippen molar-refractivity contribution >= 4 is 5.69 Å². The molecule has 0 atom stereocenters. The van der Waals surface area contributed by atoms with Crippen molar-refractivity contribution < 1.29 is 17.7 Å². The number of rotatable bonds is 1. The molecule has 17 heavy (non-hydrogen) atoms. The molecular formula is C11H9F3N2O. The molecule has 2 N–H and O–H groups in total. The number of aryl methyl sites for hydroxylation is 1. The number of benzene rings is 1. The first-order valence-corrected chi connectivity index (χ1v) is 4.79. The summed E-state index contributed by atoms with van der Waals surface area (Å²) in [6.45, 7) is 1.62. The highest BCUT2D eigenvalue weighted by molar-refractivity contribution is 5.72. The average molecular weight is 242 g/mol. The van der Waals surface area contributed by atoms with Gasteiger partial charge in [-0.05, 0) is 19.1 Å². The molecule has 0 saturated heterocycles. The maximum atomic E-state index is 12.5. The molecule has 6 heteroatoms. The lowest BCUT2D eigenvalue weighted by Gasteiger charge is -2.07. The van der Waals surface area contributed by atoms with Crippen molar-refractivity contribution in [2.45, 2.75) is 13.1 Å². The van der Waals surface area contributed by atoms with Gasteiger partial charge < -0.3 is 10.3 Å². The Morgan fingerprint density at radius 1 is 1.29 bits per heavy atom. The number of nitrogen functional groups attached to an aromatic ring is 1. The van der Waals surface area contributed by atoms with Gasteiger partial charge in [0.2, 0.25) is 0 Å². The van der Waals surface area contributed by atoms with Crippen LogP contribution in [0, 0.1) is 6.92 Å². The normalized spacial score (nSPS) is 11.8. The summed E-state index contributed by atoms with van der Waals surface area (Å²) < 4.78 is 42.4. The zero-order valence-electron chi connectivity index (χ0n) is 8.88. The summed E-state index contributed by atoms with van der Waals surface area (Å²) in [5.74, 6) is 0.161. The fourth-order valence-electron chi connectivity index (χ4n) is 1.42. The van der Waals surface area contributed by atoms with Gasteiger partial charge in [0, 0.05) is 5.56 Å². The van der Waals surface area contributed by atoms with Crippen LogP contribution in [0.15, 0.2) is 28.8 Å². The van der Waals surface area contributed by atoms with E-state index < -0.39 is 11.7 Å². The highest BCUT2D eigenvalue weighted by Crippen LogP contribution is 2.34. The summed E-state index contributed by atoms with van der Waals surface area (Å²) in [6.07, 6.45) is -4.39. The van der Waals surface area contributed by atoms with Crippen molar-refractivity contribution in [1.82, 2.24) is 5.16 Å². The summed E-state index contributed by atoms with van der Waals surface area (Å²) in [5, 5.41) is 3.60. The van der Waals surface area contributed by atoms with E-state index in [0.717, 1.165) is 12.1 Å². The number of aromatic nitrogens is 1. The van der Waals surface area contributed by atoms with Crippen LogP contribution in [0.25, 0.3) is 11.3 Å². The van der Waals surface area contributed by atoms with Crippen LogP contribution in [-0.4, -0.2) is 5.16 Å². The molecule has 3 nitrogen and oxygen atoms in total. The molecule has 2 rings (SSSR count). The maximum Gasteiger partial charge on any atom is 0.416 e. The minimum Gasteiger partial charge on any atom is -0.394 e. The number of nitrogens with two attached hydrogens (primary N) is 1. The third kappa shape index (κ3) is 2.11. The number of halogens is 3. The molecule has 1 heterocycles. The minimum atomic E-state index is -4.39. The molecule has 0 aliphatic carbocycles. The van der Waals surface area contributed by atoms with E-state index in [4.69, 9.17) is 10.3 Å². The highest BCUT2D eigenvalue weighted by Gasteiger charge is 2.30. The second-order valence-electron chi connectivity index (χ2n) is 3.59. The van der Waals surface area contributed by atoms with Crippen molar-refractivity contribution in [3.8, 4) is 11.3 Å². The van der Waals surface area contributed by atoms with Gasteiger partial charge in [-0.25, -0.2) is 0 Å². The Morgan fingerprint density at radius 3 is 2.53 bits per heavy atom. The van der Waals surface area contributed by atoms with E-state index in [1.165, 1.54) is 12.1 Å². The SMILES string of the molecule is Cc1noc(-c2cccc(C(F)(F)F)c2)c1N. The zero-order valence-corrected chi connectivity index (χ0v) is 8.88. The fourth-order valence-corrected chi connectivity index (χ4v) is 1.42. The van der Waals surface area contributed by atoms with E-state index in [0.29, 0.717) is 5.69 Å².